The molecule has 0 saturated carbocycles. The fourth-order valence-corrected chi connectivity index (χ4v) is 2.02. The van der Waals surface area contributed by atoms with Gasteiger partial charge in [-0.1, -0.05) is 23.7 Å². The minimum atomic E-state index is -0.594. The molecule has 0 atom stereocenters. The molecule has 0 aliphatic rings. The summed E-state index contributed by atoms with van der Waals surface area (Å²) in [5.74, 6) is -0.560. The number of rotatable bonds is 3. The highest BCUT2D eigenvalue weighted by Gasteiger charge is 2.19. The molecule has 0 heterocycles. The molecule has 0 radical (unpaired) electrons. The number of nitrogens with one attached hydrogen (secondary N) is 1. The second-order valence-corrected chi connectivity index (χ2v) is 5.12. The number of benzene rings is 2. The van der Waals surface area contributed by atoms with E-state index in [1.54, 1.807) is 24.3 Å². The number of hydrogen-bond acceptors (Lipinski definition) is 3. The van der Waals surface area contributed by atoms with Gasteiger partial charge in [0.2, 0.25) is 0 Å². The number of anilines is 1. The lowest BCUT2D eigenvalue weighted by atomic mass is 10.1. The summed E-state index contributed by atoms with van der Waals surface area (Å²) in [5.41, 5.74) is 0.214. The first-order chi connectivity index (χ1) is 9.49. The Labute approximate surface area is 127 Å². The van der Waals surface area contributed by atoms with Crippen LogP contribution in [0.15, 0.2) is 46.9 Å². The average Bonchev–Trinajstić information content (AvgIpc) is 2.43. The number of carbonyl (C=O) groups is 1. The van der Waals surface area contributed by atoms with Crippen LogP contribution in [0.1, 0.15) is 10.4 Å². The molecule has 0 spiro atoms. The topological polar surface area (TPSA) is 72.2 Å². The monoisotopic (exact) mass is 354 g/mol. The van der Waals surface area contributed by atoms with E-state index in [-0.39, 0.29) is 11.3 Å². The highest BCUT2D eigenvalue weighted by atomic mass is 79.9. The van der Waals surface area contributed by atoms with E-state index in [1.807, 2.05) is 0 Å². The molecule has 0 aliphatic carbocycles. The first-order valence-corrected chi connectivity index (χ1v) is 6.66. The Morgan fingerprint density at radius 2 is 1.95 bits per heavy atom. The van der Waals surface area contributed by atoms with Gasteiger partial charge in [0, 0.05) is 16.2 Å². The SMILES string of the molecule is O=C(Nc1ccc(Br)c(Cl)c1)c1ccccc1[N+](=O)[O-]. The van der Waals surface area contributed by atoms with E-state index in [0.29, 0.717) is 15.2 Å². The molecule has 0 aliphatic heterocycles. The molecule has 5 nitrogen and oxygen atoms in total. The molecule has 0 saturated heterocycles. The van der Waals surface area contributed by atoms with Crippen LogP contribution >= 0.6 is 27.5 Å². The maximum absolute atomic E-state index is 12.1. The number of halogens is 2. The smallest absolute Gasteiger partial charge is 0.282 e. The summed E-state index contributed by atoms with van der Waals surface area (Å²) >= 11 is 9.16. The van der Waals surface area contributed by atoms with E-state index in [0.717, 1.165) is 0 Å². The summed E-state index contributed by atoms with van der Waals surface area (Å²) in [6.07, 6.45) is 0. The van der Waals surface area contributed by atoms with Crippen molar-refractivity contribution in [2.24, 2.45) is 0 Å². The Bertz CT molecular complexity index is 691. The summed E-state index contributed by atoms with van der Waals surface area (Å²) in [5, 5.41) is 13.9. The van der Waals surface area contributed by atoms with Crippen molar-refractivity contribution in [3.8, 4) is 0 Å². The van der Waals surface area contributed by atoms with Crippen molar-refractivity contribution in [2.45, 2.75) is 0 Å². The van der Waals surface area contributed by atoms with Crippen LogP contribution in [0, 0.1) is 10.1 Å². The normalized spacial score (nSPS) is 10.1. The third kappa shape index (κ3) is 3.15. The van der Waals surface area contributed by atoms with Crippen LogP contribution in [-0.4, -0.2) is 10.8 Å². The van der Waals surface area contributed by atoms with Crippen molar-refractivity contribution in [3.05, 3.63) is 67.6 Å². The zero-order chi connectivity index (χ0) is 14.7. The highest BCUT2D eigenvalue weighted by Crippen LogP contribution is 2.26. The number of nitro benzene ring substituents is 1. The molecule has 1 amide bonds. The first-order valence-electron chi connectivity index (χ1n) is 5.49. The minimum absolute atomic E-state index is 0.00320. The Hall–Kier alpha value is -1.92. The molecule has 2 rings (SSSR count). The summed E-state index contributed by atoms with van der Waals surface area (Å²) in [6.45, 7) is 0. The summed E-state index contributed by atoms with van der Waals surface area (Å²) in [4.78, 5) is 22.3. The van der Waals surface area contributed by atoms with Gasteiger partial charge in [0.05, 0.1) is 9.95 Å². The lowest BCUT2D eigenvalue weighted by Crippen LogP contribution is -2.13. The minimum Gasteiger partial charge on any atom is -0.322 e. The number of carbonyl (C=O) groups excluding carboxylic acids is 1. The zero-order valence-electron chi connectivity index (χ0n) is 9.97. The number of hydrogen-bond donors (Lipinski definition) is 1. The Balaban J connectivity index is 2.28. The molecule has 2 aromatic rings. The van der Waals surface area contributed by atoms with Crippen LogP contribution in [-0.2, 0) is 0 Å². The van der Waals surface area contributed by atoms with E-state index < -0.39 is 10.8 Å². The Kier molecular flexibility index (Phi) is 4.36. The lowest BCUT2D eigenvalue weighted by Gasteiger charge is -2.06. The molecular formula is C13H8BrClN2O3. The largest absolute Gasteiger partial charge is 0.322 e. The molecule has 102 valence electrons. The van der Waals surface area contributed by atoms with Crippen LogP contribution in [0.25, 0.3) is 0 Å². The standard InChI is InChI=1S/C13H8BrClN2O3/c14-10-6-5-8(7-11(10)15)16-13(18)9-3-1-2-4-12(9)17(19)20/h1-7H,(H,16,18). The molecule has 1 N–H and O–H groups in total. The van der Waals surface area contributed by atoms with Gasteiger partial charge in [-0.05, 0) is 40.2 Å². The quantitative estimate of drug-likeness (QED) is 0.660. The van der Waals surface area contributed by atoms with Gasteiger partial charge in [0.1, 0.15) is 5.56 Å². The first kappa shape index (κ1) is 14.5. The van der Waals surface area contributed by atoms with Crippen molar-refractivity contribution in [3.63, 3.8) is 0 Å². The van der Waals surface area contributed by atoms with E-state index in [2.05, 4.69) is 21.2 Å². The van der Waals surface area contributed by atoms with Crippen LogP contribution in [0.2, 0.25) is 5.02 Å². The van der Waals surface area contributed by atoms with Gasteiger partial charge >= 0.3 is 0 Å². The third-order valence-corrected chi connectivity index (χ3v) is 3.76. The second kappa shape index (κ2) is 6.02. The maximum Gasteiger partial charge on any atom is 0.282 e. The van der Waals surface area contributed by atoms with Gasteiger partial charge in [-0.2, -0.15) is 0 Å². The van der Waals surface area contributed by atoms with Crippen LogP contribution in [0.5, 0.6) is 0 Å². The van der Waals surface area contributed by atoms with Crippen LogP contribution in [0.4, 0.5) is 11.4 Å². The second-order valence-electron chi connectivity index (χ2n) is 3.86. The number of para-hydroxylation sites is 1. The molecule has 7 heteroatoms. The van der Waals surface area contributed by atoms with E-state index in [1.165, 1.54) is 18.2 Å². The predicted molar refractivity (Wildman–Crippen MR) is 80.2 cm³/mol. The molecule has 2 aromatic carbocycles. The zero-order valence-corrected chi connectivity index (χ0v) is 12.3. The van der Waals surface area contributed by atoms with Crippen molar-refractivity contribution in [1.82, 2.24) is 0 Å². The average molecular weight is 356 g/mol. The van der Waals surface area contributed by atoms with Gasteiger partial charge in [0.25, 0.3) is 11.6 Å². The molecule has 0 bridgehead atoms. The summed E-state index contributed by atoms with van der Waals surface area (Å²) in [7, 11) is 0. The van der Waals surface area contributed by atoms with E-state index >= 15 is 0 Å². The molecule has 0 fully saturated rings. The highest BCUT2D eigenvalue weighted by molar-refractivity contribution is 9.10. The number of nitro groups is 1. The number of amides is 1. The summed E-state index contributed by atoms with van der Waals surface area (Å²) < 4.78 is 0.697. The van der Waals surface area contributed by atoms with Gasteiger partial charge < -0.3 is 5.32 Å². The van der Waals surface area contributed by atoms with E-state index in [9.17, 15) is 14.9 Å². The molecule has 0 unspecified atom stereocenters. The van der Waals surface area contributed by atoms with Crippen molar-refractivity contribution >= 4 is 44.8 Å². The van der Waals surface area contributed by atoms with Crippen molar-refractivity contribution in [1.29, 1.82) is 0 Å². The van der Waals surface area contributed by atoms with Gasteiger partial charge in [-0.25, -0.2) is 0 Å². The lowest BCUT2D eigenvalue weighted by molar-refractivity contribution is -0.385. The van der Waals surface area contributed by atoms with Gasteiger partial charge in [-0.3, -0.25) is 14.9 Å². The predicted octanol–water partition coefficient (Wildman–Crippen LogP) is 4.26. The fourth-order valence-electron chi connectivity index (χ4n) is 1.60. The fraction of sp³-hybridized carbons (Fsp3) is 0. The Morgan fingerprint density at radius 3 is 2.60 bits per heavy atom. The number of nitrogens with zero attached hydrogens (tertiary/aromatic N) is 1. The Morgan fingerprint density at radius 1 is 1.25 bits per heavy atom. The van der Waals surface area contributed by atoms with Crippen LogP contribution < -0.4 is 5.32 Å². The third-order valence-electron chi connectivity index (χ3n) is 2.52. The van der Waals surface area contributed by atoms with Crippen molar-refractivity contribution < 1.29 is 9.72 Å². The molecule has 20 heavy (non-hydrogen) atoms. The maximum atomic E-state index is 12.1. The van der Waals surface area contributed by atoms with Gasteiger partial charge in [0.15, 0.2) is 0 Å². The molecular weight excluding hydrogens is 348 g/mol. The molecule has 0 aromatic heterocycles. The van der Waals surface area contributed by atoms with Crippen LogP contribution in [0.3, 0.4) is 0 Å². The van der Waals surface area contributed by atoms with Gasteiger partial charge in [-0.15, -0.1) is 0 Å². The van der Waals surface area contributed by atoms with Crippen molar-refractivity contribution in [2.75, 3.05) is 5.32 Å². The van der Waals surface area contributed by atoms with E-state index in [4.69, 9.17) is 11.6 Å². The summed E-state index contributed by atoms with van der Waals surface area (Å²) in [6, 6.07) is 10.6.